The molecule has 0 radical (unpaired) electrons. The van der Waals surface area contributed by atoms with Gasteiger partial charge in [-0.05, 0) is 18.7 Å². The van der Waals surface area contributed by atoms with E-state index in [9.17, 15) is 21.6 Å². The van der Waals surface area contributed by atoms with Crippen LogP contribution in [0.15, 0.2) is 17.0 Å². The van der Waals surface area contributed by atoms with Gasteiger partial charge in [-0.2, -0.15) is 18.4 Å². The van der Waals surface area contributed by atoms with Crippen molar-refractivity contribution in [2.24, 2.45) is 0 Å². The molecule has 1 unspecified atom stereocenters. The van der Waals surface area contributed by atoms with Gasteiger partial charge in [0.15, 0.2) is 9.84 Å². The van der Waals surface area contributed by atoms with Crippen molar-refractivity contribution in [3.63, 3.8) is 0 Å². The number of methoxy groups -OCH3 is 1. The van der Waals surface area contributed by atoms with Crippen molar-refractivity contribution in [1.82, 2.24) is 10.2 Å². The zero-order valence-corrected chi connectivity index (χ0v) is 15.2. The van der Waals surface area contributed by atoms with Gasteiger partial charge in [0.25, 0.3) is 0 Å². The highest BCUT2D eigenvalue weighted by Crippen LogP contribution is 2.41. The van der Waals surface area contributed by atoms with Crippen molar-refractivity contribution >= 4 is 9.84 Å². The van der Waals surface area contributed by atoms with Crippen molar-refractivity contribution in [3.05, 3.63) is 28.8 Å². The molecule has 26 heavy (non-hydrogen) atoms. The highest BCUT2D eigenvalue weighted by atomic mass is 32.2. The first-order valence-electron chi connectivity index (χ1n) is 7.89. The molecule has 0 spiro atoms. The fourth-order valence-electron chi connectivity index (χ4n) is 2.91. The molecule has 1 atom stereocenters. The van der Waals surface area contributed by atoms with Crippen LogP contribution < -0.4 is 5.32 Å². The maximum atomic E-state index is 13.1. The Kier molecular flexibility index (Phi) is 6.29. The summed E-state index contributed by atoms with van der Waals surface area (Å²) in [6, 6.07) is 2.71. The molecule has 1 aromatic carbocycles. The van der Waals surface area contributed by atoms with Gasteiger partial charge in [-0.1, -0.05) is 6.07 Å². The highest BCUT2D eigenvalue weighted by Gasteiger charge is 2.42. The Morgan fingerprint density at radius 3 is 2.65 bits per heavy atom. The SMILES string of the molecule is COCCN(C)CCNC1CS(=O)(=O)c2c1ccc(C(F)(F)F)c2C#N. The molecule has 1 N–H and O–H groups in total. The Hall–Kier alpha value is -1.67. The summed E-state index contributed by atoms with van der Waals surface area (Å²) in [7, 11) is -0.494. The van der Waals surface area contributed by atoms with Crippen LogP contribution in [0.3, 0.4) is 0 Å². The molecule has 10 heteroatoms. The quantitative estimate of drug-likeness (QED) is 0.760. The lowest BCUT2D eigenvalue weighted by atomic mass is 10.0. The first-order valence-corrected chi connectivity index (χ1v) is 9.55. The van der Waals surface area contributed by atoms with Gasteiger partial charge < -0.3 is 15.0 Å². The first kappa shape index (κ1) is 20.6. The van der Waals surface area contributed by atoms with Gasteiger partial charge in [-0.15, -0.1) is 0 Å². The fraction of sp³-hybridized carbons (Fsp3) is 0.562. The summed E-state index contributed by atoms with van der Waals surface area (Å²) in [4.78, 5) is 1.48. The zero-order chi connectivity index (χ0) is 19.5. The molecular weight excluding hydrogens is 371 g/mol. The standard InChI is InChI=1S/C16H20F3N3O3S/c1-22(7-8-25-2)6-5-21-14-10-26(23,24)15-11(14)3-4-13(12(15)9-20)16(17,18)19/h3-4,14,21H,5-8,10H2,1-2H3. The molecular formula is C16H20F3N3O3S. The summed E-state index contributed by atoms with van der Waals surface area (Å²) in [5, 5.41) is 12.2. The molecule has 1 aliphatic rings. The maximum Gasteiger partial charge on any atom is 0.417 e. The average Bonchev–Trinajstić information content (AvgIpc) is 2.82. The van der Waals surface area contributed by atoms with Crippen molar-refractivity contribution in [1.29, 1.82) is 5.26 Å². The Bertz CT molecular complexity index is 803. The monoisotopic (exact) mass is 391 g/mol. The van der Waals surface area contributed by atoms with Crippen LogP contribution in [-0.2, 0) is 20.8 Å². The van der Waals surface area contributed by atoms with E-state index < -0.39 is 38.1 Å². The average molecular weight is 391 g/mol. The summed E-state index contributed by atoms with van der Waals surface area (Å²) in [5.41, 5.74) is -1.83. The topological polar surface area (TPSA) is 82.4 Å². The molecule has 2 rings (SSSR count). The van der Waals surface area contributed by atoms with Crippen LogP contribution in [0.1, 0.15) is 22.7 Å². The van der Waals surface area contributed by atoms with E-state index in [0.717, 1.165) is 12.1 Å². The number of nitrogens with zero attached hydrogens (tertiary/aromatic N) is 2. The number of fused-ring (bicyclic) bond motifs is 1. The van der Waals surface area contributed by atoms with Crippen molar-refractivity contribution in [3.8, 4) is 6.07 Å². The number of nitriles is 1. The normalized spacial score (nSPS) is 18.7. The van der Waals surface area contributed by atoms with Crippen LogP contribution in [0.4, 0.5) is 13.2 Å². The molecule has 1 heterocycles. The van der Waals surface area contributed by atoms with E-state index in [1.807, 2.05) is 11.9 Å². The highest BCUT2D eigenvalue weighted by molar-refractivity contribution is 7.91. The number of alkyl halides is 3. The number of rotatable bonds is 7. The molecule has 0 amide bonds. The smallest absolute Gasteiger partial charge is 0.383 e. The Morgan fingerprint density at radius 2 is 2.08 bits per heavy atom. The molecule has 144 valence electrons. The third-order valence-corrected chi connectivity index (χ3v) is 6.07. The van der Waals surface area contributed by atoms with E-state index in [1.165, 1.54) is 6.07 Å². The van der Waals surface area contributed by atoms with E-state index >= 15 is 0 Å². The summed E-state index contributed by atoms with van der Waals surface area (Å²) >= 11 is 0. The van der Waals surface area contributed by atoms with Crippen molar-refractivity contribution < 1.29 is 26.3 Å². The molecule has 0 bridgehead atoms. The van der Waals surface area contributed by atoms with E-state index in [-0.39, 0.29) is 11.3 Å². The third kappa shape index (κ3) is 4.35. The molecule has 1 aliphatic heterocycles. The van der Waals surface area contributed by atoms with Crippen molar-refractivity contribution in [2.45, 2.75) is 17.1 Å². The number of likely N-dealkylation sites (N-methyl/N-ethyl adjacent to an activating group) is 1. The van der Waals surface area contributed by atoms with E-state index in [4.69, 9.17) is 10.00 Å². The van der Waals surface area contributed by atoms with E-state index in [1.54, 1.807) is 7.11 Å². The second-order valence-corrected chi connectivity index (χ2v) is 8.07. The predicted molar refractivity (Wildman–Crippen MR) is 88.3 cm³/mol. The summed E-state index contributed by atoms with van der Waals surface area (Å²) in [6.45, 7) is 2.32. The molecule has 0 aliphatic carbocycles. The Labute approximate surface area is 150 Å². The van der Waals surface area contributed by atoms with Crippen LogP contribution in [0.2, 0.25) is 0 Å². The molecule has 0 saturated heterocycles. The van der Waals surface area contributed by atoms with Gasteiger partial charge in [0.05, 0.1) is 28.4 Å². The van der Waals surface area contributed by atoms with Crippen LogP contribution in [0.5, 0.6) is 0 Å². The summed E-state index contributed by atoms with van der Waals surface area (Å²) in [6.07, 6.45) is -4.79. The lowest BCUT2D eigenvalue weighted by Gasteiger charge is -2.19. The number of halogens is 3. The third-order valence-electron chi connectivity index (χ3n) is 4.24. The molecule has 0 fully saturated rings. The number of hydrogen-bond acceptors (Lipinski definition) is 6. The van der Waals surface area contributed by atoms with Crippen LogP contribution >= 0.6 is 0 Å². The van der Waals surface area contributed by atoms with Crippen LogP contribution in [-0.4, -0.2) is 59.5 Å². The van der Waals surface area contributed by atoms with Gasteiger partial charge in [-0.3, -0.25) is 0 Å². The second kappa shape index (κ2) is 7.92. The zero-order valence-electron chi connectivity index (χ0n) is 14.4. The van der Waals surface area contributed by atoms with Gasteiger partial charge in [0, 0.05) is 32.8 Å². The predicted octanol–water partition coefficient (Wildman–Crippen LogP) is 1.57. The van der Waals surface area contributed by atoms with Gasteiger partial charge in [0.1, 0.15) is 6.07 Å². The van der Waals surface area contributed by atoms with Crippen LogP contribution in [0, 0.1) is 11.3 Å². The molecule has 0 aromatic heterocycles. The minimum atomic E-state index is -4.79. The molecule has 6 nitrogen and oxygen atoms in total. The van der Waals surface area contributed by atoms with Gasteiger partial charge >= 0.3 is 6.18 Å². The summed E-state index contributed by atoms with van der Waals surface area (Å²) < 4.78 is 68.9. The minimum Gasteiger partial charge on any atom is -0.383 e. The first-order chi connectivity index (χ1) is 12.1. The van der Waals surface area contributed by atoms with Gasteiger partial charge in [-0.25, -0.2) is 8.42 Å². The Balaban J connectivity index is 2.24. The minimum absolute atomic E-state index is 0.217. The number of nitrogens with one attached hydrogen (secondary N) is 1. The van der Waals surface area contributed by atoms with Crippen molar-refractivity contribution in [2.75, 3.05) is 46.2 Å². The van der Waals surface area contributed by atoms with E-state index in [0.29, 0.717) is 26.2 Å². The maximum absolute atomic E-state index is 13.1. The fourth-order valence-corrected chi connectivity index (χ4v) is 4.84. The number of sulfone groups is 1. The second-order valence-electron chi connectivity index (χ2n) is 6.10. The summed E-state index contributed by atoms with van der Waals surface area (Å²) in [5.74, 6) is -0.361. The number of hydrogen-bond donors (Lipinski definition) is 1. The molecule has 1 aromatic rings. The lowest BCUT2D eigenvalue weighted by molar-refractivity contribution is -0.137. The van der Waals surface area contributed by atoms with Crippen LogP contribution in [0.25, 0.3) is 0 Å². The number of ether oxygens (including phenoxy) is 1. The number of benzene rings is 1. The largest absolute Gasteiger partial charge is 0.417 e. The van der Waals surface area contributed by atoms with E-state index in [2.05, 4.69) is 5.32 Å². The van der Waals surface area contributed by atoms with Gasteiger partial charge in [0.2, 0.25) is 0 Å². The molecule has 0 saturated carbocycles. The lowest BCUT2D eigenvalue weighted by Crippen LogP contribution is -2.33. The Morgan fingerprint density at radius 1 is 1.38 bits per heavy atom.